The van der Waals surface area contributed by atoms with Crippen LogP contribution < -0.4 is 10.9 Å². The van der Waals surface area contributed by atoms with Gasteiger partial charge < -0.3 is 20.1 Å². The summed E-state index contributed by atoms with van der Waals surface area (Å²) in [6.07, 6.45) is 2.57. The molecular weight excluding hydrogens is 471 g/mol. The summed E-state index contributed by atoms with van der Waals surface area (Å²) in [6, 6.07) is 9.75. The largest absolute Gasteiger partial charge is 0.374 e. The summed E-state index contributed by atoms with van der Waals surface area (Å²) in [4.78, 5) is 44.3. The zero-order valence-electron chi connectivity index (χ0n) is 19.4. The molecule has 2 aromatic carbocycles. The van der Waals surface area contributed by atoms with Crippen LogP contribution in [0.25, 0.3) is 10.8 Å². The van der Waals surface area contributed by atoms with Crippen molar-refractivity contribution in [2.75, 3.05) is 31.5 Å². The average Bonchev–Trinajstić information content (AvgIpc) is 3.37. The van der Waals surface area contributed by atoms with Gasteiger partial charge in [0, 0.05) is 24.7 Å². The number of halogens is 2. The minimum absolute atomic E-state index is 0.0988. The van der Waals surface area contributed by atoms with Crippen molar-refractivity contribution in [2.24, 2.45) is 0 Å². The lowest BCUT2D eigenvalue weighted by Crippen LogP contribution is -2.41. The number of carbonyl (C=O) groups is 2. The maximum atomic E-state index is 14.8. The highest BCUT2D eigenvalue weighted by Crippen LogP contribution is 2.31. The summed E-state index contributed by atoms with van der Waals surface area (Å²) in [6.45, 7) is 3.73. The standard InChI is InChI=1S/C26H26ClFN4O3/c1-15-19-5-4-18(27)10-16(19)6-9-32(15)24(33)14-29-22-11-17-12-23(26(35)31-7-2-3-8-31)30-25(34)20(17)13-21(22)28/h4-5,10-13,15,29H,2-3,6-9,14H2,1H3,(H,30,34)/t15-/m0/s1. The van der Waals surface area contributed by atoms with E-state index in [2.05, 4.69) is 10.3 Å². The molecule has 0 saturated carbocycles. The van der Waals surface area contributed by atoms with Crippen LogP contribution in [-0.2, 0) is 11.2 Å². The Balaban J connectivity index is 1.34. The molecule has 0 bridgehead atoms. The van der Waals surface area contributed by atoms with Gasteiger partial charge in [-0.15, -0.1) is 0 Å². The van der Waals surface area contributed by atoms with E-state index in [9.17, 15) is 18.8 Å². The first-order chi connectivity index (χ1) is 16.8. The van der Waals surface area contributed by atoms with Crippen LogP contribution in [0, 0.1) is 5.82 Å². The molecule has 2 N–H and O–H groups in total. The van der Waals surface area contributed by atoms with Crippen molar-refractivity contribution in [2.45, 2.75) is 32.2 Å². The van der Waals surface area contributed by atoms with Gasteiger partial charge in [0.05, 0.1) is 23.7 Å². The first-order valence-corrected chi connectivity index (χ1v) is 12.2. The van der Waals surface area contributed by atoms with Crippen LogP contribution in [0.4, 0.5) is 10.1 Å². The van der Waals surface area contributed by atoms with Gasteiger partial charge in [0.15, 0.2) is 0 Å². The van der Waals surface area contributed by atoms with Crippen LogP contribution in [0.3, 0.4) is 0 Å². The third-order valence-electron chi connectivity index (χ3n) is 6.95. The Morgan fingerprint density at radius 1 is 1.14 bits per heavy atom. The molecule has 182 valence electrons. The van der Waals surface area contributed by atoms with Gasteiger partial charge in [-0.25, -0.2) is 4.39 Å². The van der Waals surface area contributed by atoms with Gasteiger partial charge in [-0.1, -0.05) is 17.7 Å². The van der Waals surface area contributed by atoms with E-state index in [0.29, 0.717) is 36.5 Å². The summed E-state index contributed by atoms with van der Waals surface area (Å²) in [5, 5.41) is 4.14. The van der Waals surface area contributed by atoms with Crippen molar-refractivity contribution in [1.82, 2.24) is 14.8 Å². The van der Waals surface area contributed by atoms with E-state index >= 15 is 0 Å². The second-order valence-corrected chi connectivity index (χ2v) is 9.58. The van der Waals surface area contributed by atoms with Gasteiger partial charge in [0.25, 0.3) is 11.5 Å². The minimum Gasteiger partial charge on any atom is -0.374 e. The molecule has 0 spiro atoms. The van der Waals surface area contributed by atoms with E-state index < -0.39 is 11.4 Å². The third-order valence-corrected chi connectivity index (χ3v) is 7.19. The Kier molecular flexibility index (Phi) is 6.23. The molecule has 0 aliphatic carbocycles. The van der Waals surface area contributed by atoms with Crippen LogP contribution in [0.5, 0.6) is 0 Å². The molecule has 1 fully saturated rings. The van der Waals surface area contributed by atoms with Gasteiger partial charge in [-0.3, -0.25) is 14.4 Å². The maximum Gasteiger partial charge on any atom is 0.270 e. The second-order valence-electron chi connectivity index (χ2n) is 9.14. The summed E-state index contributed by atoms with van der Waals surface area (Å²) in [5.41, 5.74) is 1.95. The number of hydrogen-bond acceptors (Lipinski definition) is 4. The van der Waals surface area contributed by atoms with Gasteiger partial charge in [-0.05, 0) is 73.0 Å². The van der Waals surface area contributed by atoms with Crippen molar-refractivity contribution in [3.63, 3.8) is 0 Å². The number of aromatic nitrogens is 1. The zero-order chi connectivity index (χ0) is 24.7. The monoisotopic (exact) mass is 496 g/mol. The van der Waals surface area contributed by atoms with Gasteiger partial charge in [0.1, 0.15) is 11.5 Å². The highest BCUT2D eigenvalue weighted by Gasteiger charge is 2.27. The van der Waals surface area contributed by atoms with Crippen molar-refractivity contribution < 1.29 is 14.0 Å². The number of likely N-dealkylation sites (tertiary alicyclic amines) is 1. The molecule has 0 radical (unpaired) electrons. The van der Waals surface area contributed by atoms with Crippen LogP contribution in [0.1, 0.15) is 47.4 Å². The molecule has 1 aromatic heterocycles. The van der Waals surface area contributed by atoms with Crippen molar-refractivity contribution in [1.29, 1.82) is 0 Å². The Labute approximate surface area is 206 Å². The number of amides is 2. The predicted molar refractivity (Wildman–Crippen MR) is 133 cm³/mol. The van der Waals surface area contributed by atoms with Crippen LogP contribution in [-0.4, -0.2) is 52.8 Å². The summed E-state index contributed by atoms with van der Waals surface area (Å²) < 4.78 is 14.8. The molecule has 1 saturated heterocycles. The lowest BCUT2D eigenvalue weighted by Gasteiger charge is -2.35. The van der Waals surface area contributed by atoms with Gasteiger partial charge in [0.2, 0.25) is 5.91 Å². The SMILES string of the molecule is C[C@H]1c2ccc(Cl)cc2CCN1C(=O)CNc1cc2cc(C(=O)N3CCCC3)[nH]c(=O)c2cc1F. The number of anilines is 1. The number of pyridine rings is 1. The fraction of sp³-hybridized carbons (Fsp3) is 0.346. The van der Waals surface area contributed by atoms with Crippen LogP contribution in [0.15, 0.2) is 41.2 Å². The first-order valence-electron chi connectivity index (χ1n) is 11.8. The fourth-order valence-electron chi connectivity index (χ4n) is 5.04. The van der Waals surface area contributed by atoms with Crippen molar-refractivity contribution >= 4 is 39.9 Å². The number of fused-ring (bicyclic) bond motifs is 2. The van der Waals surface area contributed by atoms with Crippen LogP contribution in [0.2, 0.25) is 5.02 Å². The predicted octanol–water partition coefficient (Wildman–Crippen LogP) is 4.11. The Hall–Kier alpha value is -3.39. The number of nitrogens with zero attached hydrogens (tertiary/aromatic N) is 2. The summed E-state index contributed by atoms with van der Waals surface area (Å²) >= 11 is 6.10. The molecule has 3 heterocycles. The quantitative estimate of drug-likeness (QED) is 0.569. The molecule has 7 nitrogen and oxygen atoms in total. The molecular formula is C26H26ClFN4O3. The molecule has 9 heteroatoms. The molecule has 2 aliphatic heterocycles. The van der Waals surface area contributed by atoms with Crippen molar-refractivity contribution in [3.05, 3.63) is 74.4 Å². The minimum atomic E-state index is -0.638. The Bertz CT molecular complexity index is 1380. The molecule has 0 unspecified atom stereocenters. The topological polar surface area (TPSA) is 85.5 Å². The smallest absolute Gasteiger partial charge is 0.270 e. The van der Waals surface area contributed by atoms with E-state index in [1.807, 2.05) is 25.1 Å². The summed E-state index contributed by atoms with van der Waals surface area (Å²) in [7, 11) is 0. The molecule has 5 rings (SSSR count). The molecule has 3 aromatic rings. The van der Waals surface area contributed by atoms with Gasteiger partial charge >= 0.3 is 0 Å². The Morgan fingerprint density at radius 2 is 1.91 bits per heavy atom. The van der Waals surface area contributed by atoms with Crippen LogP contribution >= 0.6 is 11.6 Å². The lowest BCUT2D eigenvalue weighted by molar-refractivity contribution is -0.131. The van der Waals surface area contributed by atoms with E-state index in [1.165, 1.54) is 6.07 Å². The van der Waals surface area contributed by atoms with Gasteiger partial charge in [-0.2, -0.15) is 0 Å². The highest BCUT2D eigenvalue weighted by atomic mass is 35.5. The van der Waals surface area contributed by atoms with E-state index in [-0.39, 0.29) is 41.2 Å². The number of carbonyl (C=O) groups excluding carboxylic acids is 2. The maximum absolute atomic E-state index is 14.8. The van der Waals surface area contributed by atoms with Crippen molar-refractivity contribution in [3.8, 4) is 0 Å². The number of hydrogen-bond donors (Lipinski definition) is 2. The highest BCUT2D eigenvalue weighted by molar-refractivity contribution is 6.30. The number of nitrogens with one attached hydrogen (secondary N) is 2. The number of H-pyrrole nitrogens is 1. The normalized spacial score (nSPS) is 17.5. The van der Waals surface area contributed by atoms with E-state index in [0.717, 1.165) is 30.0 Å². The Morgan fingerprint density at radius 3 is 2.69 bits per heavy atom. The number of rotatable bonds is 4. The fourth-order valence-corrected chi connectivity index (χ4v) is 5.24. The molecule has 35 heavy (non-hydrogen) atoms. The van der Waals surface area contributed by atoms with E-state index in [4.69, 9.17) is 11.6 Å². The molecule has 2 aliphatic rings. The second kappa shape index (κ2) is 9.34. The average molecular weight is 497 g/mol. The zero-order valence-corrected chi connectivity index (χ0v) is 20.1. The lowest BCUT2D eigenvalue weighted by atomic mass is 9.93. The third kappa shape index (κ3) is 4.50. The summed E-state index contributed by atoms with van der Waals surface area (Å²) in [5.74, 6) is -1.04. The first kappa shape index (κ1) is 23.4. The van der Waals surface area contributed by atoms with E-state index in [1.54, 1.807) is 15.9 Å². The molecule has 1 atom stereocenters. The number of aromatic amines is 1. The number of benzene rings is 2. The molecule has 2 amide bonds.